The molecular formula is C22H25N5O3. The smallest absolute Gasteiger partial charge is 0.258 e. The van der Waals surface area contributed by atoms with Gasteiger partial charge in [-0.1, -0.05) is 11.2 Å². The van der Waals surface area contributed by atoms with Gasteiger partial charge in [-0.3, -0.25) is 14.7 Å². The monoisotopic (exact) mass is 407 g/mol. The van der Waals surface area contributed by atoms with Crippen molar-refractivity contribution >= 4 is 5.91 Å². The molecule has 0 saturated carbocycles. The molecule has 1 saturated heterocycles. The third-order valence-corrected chi connectivity index (χ3v) is 5.37. The van der Waals surface area contributed by atoms with Crippen LogP contribution in [0.3, 0.4) is 0 Å². The molecule has 1 amide bonds. The van der Waals surface area contributed by atoms with E-state index in [1.165, 1.54) is 0 Å². The van der Waals surface area contributed by atoms with Gasteiger partial charge in [-0.25, -0.2) is 0 Å². The minimum absolute atomic E-state index is 0.0592. The van der Waals surface area contributed by atoms with Crippen LogP contribution in [-0.2, 0) is 11.3 Å². The molecule has 156 valence electrons. The first-order chi connectivity index (χ1) is 14.6. The maximum atomic E-state index is 11.9. The van der Waals surface area contributed by atoms with Crippen LogP contribution < -0.4 is 10.1 Å². The molecule has 1 aliphatic heterocycles. The second-order valence-corrected chi connectivity index (χ2v) is 7.45. The molecule has 0 aliphatic carbocycles. The quantitative estimate of drug-likeness (QED) is 0.671. The van der Waals surface area contributed by atoms with Gasteiger partial charge in [0.05, 0.1) is 18.7 Å². The zero-order valence-electron chi connectivity index (χ0n) is 17.4. The van der Waals surface area contributed by atoms with Crippen molar-refractivity contribution in [2.75, 3.05) is 27.2 Å². The summed E-state index contributed by atoms with van der Waals surface area (Å²) >= 11 is 0. The average Bonchev–Trinajstić information content (AvgIpc) is 3.42. The molecule has 3 aromatic rings. The van der Waals surface area contributed by atoms with Gasteiger partial charge in [0.2, 0.25) is 5.91 Å². The molecule has 1 fully saturated rings. The Morgan fingerprint density at radius 1 is 1.33 bits per heavy atom. The van der Waals surface area contributed by atoms with Crippen LogP contribution in [0.2, 0.25) is 0 Å². The Morgan fingerprint density at radius 2 is 2.20 bits per heavy atom. The maximum Gasteiger partial charge on any atom is 0.258 e. The van der Waals surface area contributed by atoms with Crippen LogP contribution in [-0.4, -0.2) is 53.2 Å². The van der Waals surface area contributed by atoms with E-state index in [-0.39, 0.29) is 11.8 Å². The Morgan fingerprint density at radius 3 is 2.93 bits per heavy atom. The molecule has 30 heavy (non-hydrogen) atoms. The predicted octanol–water partition coefficient (Wildman–Crippen LogP) is 2.68. The highest BCUT2D eigenvalue weighted by Crippen LogP contribution is 2.32. The van der Waals surface area contributed by atoms with E-state index in [4.69, 9.17) is 9.26 Å². The number of rotatable bonds is 6. The number of pyridine rings is 1. The number of likely N-dealkylation sites (tertiary alicyclic amines) is 1. The highest BCUT2D eigenvalue weighted by molar-refractivity contribution is 5.78. The van der Waals surface area contributed by atoms with E-state index in [1.54, 1.807) is 27.3 Å². The number of amides is 1. The summed E-state index contributed by atoms with van der Waals surface area (Å²) in [6, 6.07) is 9.88. The molecule has 1 N–H and O–H groups in total. The number of aromatic nitrogens is 3. The standard InChI is InChI=1S/C22H25N5O3/c1-14-25-22(30-26-14)16-6-8-24-19(11-16)18-10-15(4-5-20(18)29-3)12-27-9-7-17(13-27)21(28)23-2/h4-6,8,10-11,17H,7,9,12-13H2,1-3H3,(H,23,28). The van der Waals surface area contributed by atoms with E-state index >= 15 is 0 Å². The molecular weight excluding hydrogens is 382 g/mol. The first-order valence-corrected chi connectivity index (χ1v) is 9.95. The van der Waals surface area contributed by atoms with Gasteiger partial charge in [0, 0.05) is 37.5 Å². The second-order valence-electron chi connectivity index (χ2n) is 7.45. The highest BCUT2D eigenvalue weighted by Gasteiger charge is 2.27. The molecule has 1 atom stereocenters. The van der Waals surface area contributed by atoms with Crippen molar-refractivity contribution in [2.24, 2.45) is 5.92 Å². The number of carbonyl (C=O) groups is 1. The van der Waals surface area contributed by atoms with Crippen LogP contribution in [0.25, 0.3) is 22.7 Å². The van der Waals surface area contributed by atoms with Crippen LogP contribution in [0.1, 0.15) is 17.8 Å². The van der Waals surface area contributed by atoms with Crippen molar-refractivity contribution in [2.45, 2.75) is 19.9 Å². The van der Waals surface area contributed by atoms with Gasteiger partial charge in [0.15, 0.2) is 5.82 Å². The summed E-state index contributed by atoms with van der Waals surface area (Å²) in [7, 11) is 3.34. The number of ether oxygens (including phenoxy) is 1. The van der Waals surface area contributed by atoms with E-state index in [2.05, 4.69) is 37.5 Å². The van der Waals surface area contributed by atoms with Crippen molar-refractivity contribution in [1.82, 2.24) is 25.3 Å². The van der Waals surface area contributed by atoms with Crippen molar-refractivity contribution in [3.63, 3.8) is 0 Å². The average molecular weight is 407 g/mol. The molecule has 1 unspecified atom stereocenters. The zero-order chi connectivity index (χ0) is 21.1. The Kier molecular flexibility index (Phi) is 5.76. The number of carbonyl (C=O) groups excluding carboxylic acids is 1. The van der Waals surface area contributed by atoms with Crippen LogP contribution in [0.4, 0.5) is 0 Å². The number of hydrogen-bond acceptors (Lipinski definition) is 7. The molecule has 8 nitrogen and oxygen atoms in total. The van der Waals surface area contributed by atoms with Gasteiger partial charge in [-0.15, -0.1) is 0 Å². The third-order valence-electron chi connectivity index (χ3n) is 5.37. The van der Waals surface area contributed by atoms with Crippen LogP contribution in [0.5, 0.6) is 5.75 Å². The zero-order valence-corrected chi connectivity index (χ0v) is 17.4. The van der Waals surface area contributed by atoms with Crippen molar-refractivity contribution in [1.29, 1.82) is 0 Å². The number of methoxy groups -OCH3 is 1. The van der Waals surface area contributed by atoms with Crippen molar-refractivity contribution < 1.29 is 14.1 Å². The molecule has 0 radical (unpaired) electrons. The van der Waals surface area contributed by atoms with Gasteiger partial charge in [0.1, 0.15) is 5.75 Å². The lowest BCUT2D eigenvalue weighted by atomic mass is 10.0. The number of nitrogens with one attached hydrogen (secondary N) is 1. The van der Waals surface area contributed by atoms with Gasteiger partial charge in [-0.2, -0.15) is 4.98 Å². The highest BCUT2D eigenvalue weighted by atomic mass is 16.5. The molecule has 0 spiro atoms. The third kappa shape index (κ3) is 4.18. The predicted molar refractivity (Wildman–Crippen MR) is 112 cm³/mol. The number of hydrogen-bond donors (Lipinski definition) is 1. The molecule has 1 aromatic carbocycles. The Labute approximate surface area is 175 Å². The summed E-state index contributed by atoms with van der Waals surface area (Å²) in [5.74, 6) is 1.97. The minimum Gasteiger partial charge on any atom is -0.496 e. The summed E-state index contributed by atoms with van der Waals surface area (Å²) < 4.78 is 10.9. The Balaban J connectivity index is 1.59. The molecule has 0 bridgehead atoms. The van der Waals surface area contributed by atoms with Crippen LogP contribution in [0, 0.1) is 12.8 Å². The van der Waals surface area contributed by atoms with Crippen molar-refractivity contribution in [3.8, 4) is 28.5 Å². The molecule has 2 aromatic heterocycles. The molecule has 4 rings (SSSR count). The van der Waals surface area contributed by atoms with Crippen molar-refractivity contribution in [3.05, 3.63) is 47.9 Å². The number of aryl methyl sites for hydroxylation is 1. The summed E-state index contributed by atoms with van der Waals surface area (Å²) in [6.45, 7) is 4.23. The van der Waals surface area contributed by atoms with E-state index in [9.17, 15) is 4.79 Å². The summed E-state index contributed by atoms with van der Waals surface area (Å²) in [5.41, 5.74) is 3.62. The minimum atomic E-state index is 0.0592. The van der Waals surface area contributed by atoms with Gasteiger partial charge in [-0.05, 0) is 49.7 Å². The summed E-state index contributed by atoms with van der Waals surface area (Å²) in [4.78, 5) is 23.0. The molecule has 3 heterocycles. The number of benzene rings is 1. The van der Waals surface area contributed by atoms with Crippen LogP contribution in [0.15, 0.2) is 41.1 Å². The lowest BCUT2D eigenvalue weighted by Crippen LogP contribution is -2.30. The van der Waals surface area contributed by atoms with E-state index in [0.29, 0.717) is 11.7 Å². The Hall–Kier alpha value is -3.26. The Bertz CT molecular complexity index is 1050. The fraction of sp³-hybridized carbons (Fsp3) is 0.364. The number of nitrogens with zero attached hydrogens (tertiary/aromatic N) is 4. The SMILES string of the molecule is CNC(=O)C1CCN(Cc2ccc(OC)c(-c3cc(-c4nc(C)no4)ccn3)c2)C1. The summed E-state index contributed by atoms with van der Waals surface area (Å²) in [5, 5.41) is 6.61. The van der Waals surface area contributed by atoms with E-state index in [0.717, 1.165) is 54.2 Å². The van der Waals surface area contributed by atoms with E-state index in [1.807, 2.05) is 18.2 Å². The maximum absolute atomic E-state index is 11.9. The first-order valence-electron chi connectivity index (χ1n) is 9.95. The largest absolute Gasteiger partial charge is 0.496 e. The van der Waals surface area contributed by atoms with Crippen LogP contribution >= 0.6 is 0 Å². The second kappa shape index (κ2) is 8.62. The lowest BCUT2D eigenvalue weighted by Gasteiger charge is -2.17. The van der Waals surface area contributed by atoms with Gasteiger partial charge < -0.3 is 14.6 Å². The van der Waals surface area contributed by atoms with E-state index < -0.39 is 0 Å². The van der Waals surface area contributed by atoms with Gasteiger partial charge in [0.25, 0.3) is 5.89 Å². The fourth-order valence-electron chi connectivity index (χ4n) is 3.83. The summed E-state index contributed by atoms with van der Waals surface area (Å²) in [6.07, 6.45) is 2.61. The molecule has 8 heteroatoms. The normalized spacial score (nSPS) is 16.6. The first kappa shape index (κ1) is 20.0. The van der Waals surface area contributed by atoms with Gasteiger partial charge >= 0.3 is 0 Å². The topological polar surface area (TPSA) is 93.4 Å². The fourth-order valence-corrected chi connectivity index (χ4v) is 3.83. The molecule has 1 aliphatic rings. The lowest BCUT2D eigenvalue weighted by molar-refractivity contribution is -0.124.